The quantitative estimate of drug-likeness (QED) is 0.467. The summed E-state index contributed by atoms with van der Waals surface area (Å²) in [6, 6.07) is 12.8. The highest BCUT2D eigenvalue weighted by Crippen LogP contribution is 2.36. The lowest BCUT2D eigenvalue weighted by Gasteiger charge is -2.20. The molecule has 1 aliphatic heterocycles. The molecule has 9 heteroatoms. The highest BCUT2D eigenvalue weighted by Gasteiger charge is 2.36. The first-order valence-corrected chi connectivity index (χ1v) is 11.3. The molecule has 2 aromatic heterocycles. The Morgan fingerprint density at radius 2 is 1.97 bits per heavy atom. The topological polar surface area (TPSA) is 85.2 Å². The van der Waals surface area contributed by atoms with Gasteiger partial charge in [0.1, 0.15) is 11.5 Å². The van der Waals surface area contributed by atoms with Crippen molar-refractivity contribution in [2.45, 2.75) is 6.42 Å². The van der Waals surface area contributed by atoms with Crippen molar-refractivity contribution in [2.24, 2.45) is 5.92 Å². The van der Waals surface area contributed by atoms with Crippen molar-refractivity contribution in [1.82, 2.24) is 9.38 Å². The van der Waals surface area contributed by atoms with Crippen molar-refractivity contribution < 1.29 is 19.1 Å². The molecule has 3 heterocycles. The number of carbonyl (C=O) groups excluding carboxylic acids is 2. The van der Waals surface area contributed by atoms with E-state index in [-0.39, 0.29) is 24.8 Å². The Bertz CT molecular complexity index is 1300. The van der Waals surface area contributed by atoms with Crippen molar-refractivity contribution >= 4 is 39.5 Å². The maximum absolute atomic E-state index is 12.9. The largest absolute Gasteiger partial charge is 0.497 e. The molecule has 1 N–H and O–H groups in total. The maximum atomic E-state index is 12.9. The molecule has 1 saturated heterocycles. The molecule has 0 saturated carbocycles. The fourth-order valence-corrected chi connectivity index (χ4v) is 4.66. The molecule has 0 aliphatic carbocycles. The van der Waals surface area contributed by atoms with Crippen molar-refractivity contribution in [3.05, 3.63) is 60.2 Å². The molecule has 8 nitrogen and oxygen atoms in total. The molecule has 0 spiro atoms. The van der Waals surface area contributed by atoms with Crippen LogP contribution in [-0.2, 0) is 9.59 Å². The molecule has 33 heavy (non-hydrogen) atoms. The van der Waals surface area contributed by atoms with E-state index in [1.54, 1.807) is 48.7 Å². The van der Waals surface area contributed by atoms with E-state index < -0.39 is 5.92 Å². The molecule has 5 rings (SSSR count). The van der Waals surface area contributed by atoms with Crippen LogP contribution in [0.25, 0.3) is 16.2 Å². The Morgan fingerprint density at radius 1 is 1.15 bits per heavy atom. The second-order valence-corrected chi connectivity index (χ2v) is 8.60. The third kappa shape index (κ3) is 4.03. The summed E-state index contributed by atoms with van der Waals surface area (Å²) in [6.45, 7) is 0.275. The highest BCUT2D eigenvalue weighted by molar-refractivity contribution is 7.15. The summed E-state index contributed by atoms with van der Waals surface area (Å²) in [4.78, 5) is 32.7. The predicted octanol–water partition coefficient (Wildman–Crippen LogP) is 4.07. The Labute approximate surface area is 194 Å². The number of rotatable bonds is 6. The average molecular weight is 463 g/mol. The van der Waals surface area contributed by atoms with Gasteiger partial charge in [0.05, 0.1) is 31.5 Å². The van der Waals surface area contributed by atoms with Gasteiger partial charge in [-0.2, -0.15) is 0 Å². The number of imidazole rings is 1. The van der Waals surface area contributed by atoms with Crippen molar-refractivity contribution in [2.75, 3.05) is 31.0 Å². The molecule has 1 atom stereocenters. The van der Waals surface area contributed by atoms with Gasteiger partial charge in [0, 0.05) is 48.1 Å². The van der Waals surface area contributed by atoms with Crippen molar-refractivity contribution in [1.29, 1.82) is 0 Å². The number of nitrogens with zero attached hydrogens (tertiary/aromatic N) is 3. The first-order chi connectivity index (χ1) is 16.1. The van der Waals surface area contributed by atoms with E-state index in [1.807, 2.05) is 46.4 Å². The van der Waals surface area contributed by atoms with E-state index in [2.05, 4.69) is 10.3 Å². The summed E-state index contributed by atoms with van der Waals surface area (Å²) < 4.78 is 12.7. The van der Waals surface area contributed by atoms with Gasteiger partial charge in [-0.05, 0) is 24.3 Å². The van der Waals surface area contributed by atoms with Crippen LogP contribution < -0.4 is 19.7 Å². The summed E-state index contributed by atoms with van der Waals surface area (Å²) in [5, 5.41) is 4.92. The van der Waals surface area contributed by atoms with Crippen LogP contribution in [0.3, 0.4) is 0 Å². The normalized spacial score (nSPS) is 15.8. The molecule has 1 unspecified atom stereocenters. The summed E-state index contributed by atoms with van der Waals surface area (Å²) in [5.74, 6) is 0.386. The predicted molar refractivity (Wildman–Crippen MR) is 127 cm³/mol. The van der Waals surface area contributed by atoms with Gasteiger partial charge in [-0.25, -0.2) is 4.98 Å². The minimum Gasteiger partial charge on any atom is -0.497 e. The monoisotopic (exact) mass is 462 g/mol. The summed E-state index contributed by atoms with van der Waals surface area (Å²) in [5.41, 5.74) is 3.12. The zero-order valence-electron chi connectivity index (χ0n) is 18.1. The number of anilines is 2. The average Bonchev–Trinajstić information content (AvgIpc) is 3.54. The summed E-state index contributed by atoms with van der Waals surface area (Å²) in [6.07, 6.45) is 4.08. The Balaban J connectivity index is 1.28. The van der Waals surface area contributed by atoms with Crippen LogP contribution in [0.2, 0.25) is 0 Å². The van der Waals surface area contributed by atoms with Crippen LogP contribution in [0.1, 0.15) is 6.42 Å². The Kier molecular flexibility index (Phi) is 5.47. The minimum absolute atomic E-state index is 0.128. The molecular weight excluding hydrogens is 440 g/mol. The van der Waals surface area contributed by atoms with E-state index in [0.717, 1.165) is 16.2 Å². The molecule has 1 aliphatic rings. The van der Waals surface area contributed by atoms with Gasteiger partial charge in [-0.1, -0.05) is 12.1 Å². The van der Waals surface area contributed by atoms with E-state index >= 15 is 0 Å². The number of thiazole rings is 1. The van der Waals surface area contributed by atoms with E-state index in [9.17, 15) is 9.59 Å². The molecule has 0 bridgehead atoms. The third-order valence-corrected chi connectivity index (χ3v) is 6.48. The molecule has 2 aromatic carbocycles. The number of hydrogen-bond acceptors (Lipinski definition) is 6. The van der Waals surface area contributed by atoms with Crippen molar-refractivity contribution in [3.8, 4) is 22.8 Å². The van der Waals surface area contributed by atoms with Gasteiger partial charge in [0.15, 0.2) is 4.96 Å². The molecule has 2 amide bonds. The lowest BCUT2D eigenvalue weighted by atomic mass is 10.1. The van der Waals surface area contributed by atoms with Gasteiger partial charge >= 0.3 is 0 Å². The lowest BCUT2D eigenvalue weighted by Crippen LogP contribution is -2.28. The van der Waals surface area contributed by atoms with Crippen LogP contribution in [0.5, 0.6) is 11.5 Å². The molecule has 4 aromatic rings. The van der Waals surface area contributed by atoms with Gasteiger partial charge < -0.3 is 19.7 Å². The van der Waals surface area contributed by atoms with Crippen LogP contribution in [0, 0.1) is 5.92 Å². The number of fused-ring (bicyclic) bond motifs is 1. The van der Waals surface area contributed by atoms with Crippen LogP contribution in [-0.4, -0.2) is 42.0 Å². The Hall–Kier alpha value is -3.85. The Morgan fingerprint density at radius 3 is 2.70 bits per heavy atom. The van der Waals surface area contributed by atoms with E-state index in [1.165, 1.54) is 0 Å². The number of carbonyl (C=O) groups is 2. The number of hydrogen-bond donors (Lipinski definition) is 1. The number of benzene rings is 2. The number of nitrogens with one attached hydrogen (secondary N) is 1. The first-order valence-electron chi connectivity index (χ1n) is 10.4. The van der Waals surface area contributed by atoms with Crippen molar-refractivity contribution in [3.63, 3.8) is 0 Å². The van der Waals surface area contributed by atoms with Crippen LogP contribution >= 0.6 is 11.3 Å². The zero-order chi connectivity index (χ0) is 22.9. The fraction of sp³-hybridized carbons (Fsp3) is 0.208. The molecular formula is C24H22N4O4S. The summed E-state index contributed by atoms with van der Waals surface area (Å²) >= 11 is 1.58. The maximum Gasteiger partial charge on any atom is 0.229 e. The standard InChI is InChI=1S/C24H22N4O4S/c1-31-18-7-8-21(32-2)20(12-18)28-13-16(11-22(28)29)23(30)25-17-5-3-15(4-6-17)19-14-27-9-10-33-24(27)26-19/h3-10,12,14,16H,11,13H2,1-2H3,(H,25,30). The van der Waals surface area contributed by atoms with Crippen LogP contribution in [0.4, 0.5) is 11.4 Å². The second-order valence-electron chi connectivity index (χ2n) is 7.73. The van der Waals surface area contributed by atoms with Gasteiger partial charge in [-0.15, -0.1) is 11.3 Å². The number of ether oxygens (including phenoxy) is 2. The van der Waals surface area contributed by atoms with Crippen LogP contribution in [0.15, 0.2) is 60.2 Å². The van der Waals surface area contributed by atoms with Gasteiger partial charge in [0.2, 0.25) is 11.8 Å². The minimum atomic E-state index is -0.465. The zero-order valence-corrected chi connectivity index (χ0v) is 19.0. The van der Waals surface area contributed by atoms with E-state index in [4.69, 9.17) is 9.47 Å². The smallest absolute Gasteiger partial charge is 0.229 e. The van der Waals surface area contributed by atoms with Gasteiger partial charge in [-0.3, -0.25) is 14.0 Å². The second kappa shape index (κ2) is 8.59. The molecule has 1 fully saturated rings. The highest BCUT2D eigenvalue weighted by atomic mass is 32.1. The molecule has 0 radical (unpaired) electrons. The SMILES string of the molecule is COc1ccc(OC)c(N2CC(C(=O)Nc3ccc(-c4cn5ccsc5n4)cc3)CC2=O)c1. The molecule has 168 valence electrons. The summed E-state index contributed by atoms with van der Waals surface area (Å²) in [7, 11) is 3.11. The fourth-order valence-electron chi connectivity index (χ4n) is 3.96. The van der Waals surface area contributed by atoms with E-state index in [0.29, 0.717) is 22.9 Å². The number of aromatic nitrogens is 2. The first kappa shape index (κ1) is 21.0. The lowest BCUT2D eigenvalue weighted by molar-refractivity contribution is -0.122. The number of methoxy groups -OCH3 is 2. The van der Waals surface area contributed by atoms with Gasteiger partial charge in [0.25, 0.3) is 0 Å². The third-order valence-electron chi connectivity index (χ3n) is 5.71. The number of amides is 2.